The first kappa shape index (κ1) is 16.7. The highest BCUT2D eigenvalue weighted by Crippen LogP contribution is 2.37. The Bertz CT molecular complexity index is 876. The first-order valence-electron chi connectivity index (χ1n) is 8.80. The molecule has 4 rings (SSSR count). The standard InChI is InChI=1S/C22H20N2OS/c25-21(17-10-4-5-11-17)14-20-18-12-6-7-13-19(18)23-22(26)24(20)15-16-8-2-1-3-9-16/h1-13,17,20H,14-15H2,(H,23,26). The molecule has 1 unspecified atom stereocenters. The third-order valence-corrected chi connectivity index (χ3v) is 5.25. The van der Waals surface area contributed by atoms with Gasteiger partial charge in [-0.2, -0.15) is 0 Å². The second kappa shape index (κ2) is 7.26. The fourth-order valence-corrected chi connectivity index (χ4v) is 3.86. The maximum Gasteiger partial charge on any atom is 0.174 e. The van der Waals surface area contributed by atoms with Gasteiger partial charge in [0.25, 0.3) is 0 Å². The molecule has 2 aliphatic rings. The number of ketones is 1. The van der Waals surface area contributed by atoms with Gasteiger partial charge in [-0.25, -0.2) is 0 Å². The summed E-state index contributed by atoms with van der Waals surface area (Å²) in [6.07, 6.45) is 8.21. The highest BCUT2D eigenvalue weighted by molar-refractivity contribution is 7.80. The van der Waals surface area contributed by atoms with Crippen LogP contribution in [0.5, 0.6) is 0 Å². The van der Waals surface area contributed by atoms with Gasteiger partial charge in [-0.1, -0.05) is 72.8 Å². The second-order valence-electron chi connectivity index (χ2n) is 6.61. The summed E-state index contributed by atoms with van der Waals surface area (Å²) in [6.45, 7) is 0.676. The molecule has 1 heterocycles. The molecule has 1 aliphatic heterocycles. The van der Waals surface area contributed by atoms with Gasteiger partial charge in [0.2, 0.25) is 0 Å². The van der Waals surface area contributed by atoms with Crippen molar-refractivity contribution in [3.05, 3.63) is 90.0 Å². The molecule has 2 aromatic carbocycles. The Kier molecular flexibility index (Phi) is 4.67. The van der Waals surface area contributed by atoms with Gasteiger partial charge in [0.15, 0.2) is 5.11 Å². The number of anilines is 1. The van der Waals surface area contributed by atoms with Crippen molar-refractivity contribution in [1.82, 2.24) is 4.90 Å². The van der Waals surface area contributed by atoms with Crippen LogP contribution in [0.1, 0.15) is 23.6 Å². The Labute approximate surface area is 159 Å². The van der Waals surface area contributed by atoms with Crippen LogP contribution in [0, 0.1) is 5.92 Å². The number of thiocarbonyl (C=S) groups is 1. The summed E-state index contributed by atoms with van der Waals surface area (Å²) in [5, 5.41) is 3.99. The van der Waals surface area contributed by atoms with E-state index < -0.39 is 0 Å². The predicted octanol–water partition coefficient (Wildman–Crippen LogP) is 4.64. The van der Waals surface area contributed by atoms with Crippen LogP contribution in [0.2, 0.25) is 0 Å². The molecular weight excluding hydrogens is 340 g/mol. The minimum Gasteiger partial charge on any atom is -0.337 e. The summed E-state index contributed by atoms with van der Waals surface area (Å²) in [7, 11) is 0. The molecule has 0 spiro atoms. The van der Waals surface area contributed by atoms with Crippen LogP contribution >= 0.6 is 12.2 Å². The molecule has 0 bridgehead atoms. The van der Waals surface area contributed by atoms with Gasteiger partial charge in [-0.05, 0) is 29.4 Å². The number of benzene rings is 2. The van der Waals surface area contributed by atoms with Crippen molar-refractivity contribution in [2.45, 2.75) is 19.0 Å². The molecule has 1 N–H and O–H groups in total. The van der Waals surface area contributed by atoms with E-state index >= 15 is 0 Å². The number of carbonyl (C=O) groups is 1. The van der Waals surface area contributed by atoms with Crippen LogP contribution in [-0.4, -0.2) is 15.8 Å². The number of hydrogen-bond acceptors (Lipinski definition) is 2. The molecule has 26 heavy (non-hydrogen) atoms. The fourth-order valence-electron chi connectivity index (χ4n) is 3.55. The van der Waals surface area contributed by atoms with Crippen LogP contribution in [0.3, 0.4) is 0 Å². The number of fused-ring (bicyclic) bond motifs is 1. The fraction of sp³-hybridized carbons (Fsp3) is 0.182. The minimum atomic E-state index is -0.121. The van der Waals surface area contributed by atoms with Crippen LogP contribution < -0.4 is 5.32 Å². The molecule has 1 atom stereocenters. The normalized spacial score (nSPS) is 18.7. The lowest BCUT2D eigenvalue weighted by atomic mass is 9.91. The monoisotopic (exact) mass is 360 g/mol. The molecule has 2 aromatic rings. The third-order valence-electron chi connectivity index (χ3n) is 4.91. The molecule has 0 aromatic heterocycles. The molecular formula is C22H20N2OS. The Morgan fingerprint density at radius 3 is 2.46 bits per heavy atom. The molecule has 0 saturated heterocycles. The Hall–Kier alpha value is -2.72. The van der Waals surface area contributed by atoms with Gasteiger partial charge >= 0.3 is 0 Å². The van der Waals surface area contributed by atoms with Gasteiger partial charge in [0.1, 0.15) is 5.78 Å². The lowest BCUT2D eigenvalue weighted by Crippen LogP contribution is -2.42. The Morgan fingerprint density at radius 2 is 1.69 bits per heavy atom. The van der Waals surface area contributed by atoms with Gasteiger partial charge in [0, 0.05) is 18.7 Å². The number of allylic oxidation sites excluding steroid dienone is 4. The van der Waals surface area contributed by atoms with Crippen molar-refractivity contribution in [2.75, 3.05) is 5.32 Å². The zero-order valence-corrected chi connectivity index (χ0v) is 15.2. The number of nitrogens with zero attached hydrogens (tertiary/aromatic N) is 1. The van der Waals surface area contributed by atoms with Gasteiger partial charge < -0.3 is 10.2 Å². The summed E-state index contributed by atoms with van der Waals surface area (Å²) in [6, 6.07) is 18.3. The van der Waals surface area contributed by atoms with Crippen LogP contribution in [0.4, 0.5) is 5.69 Å². The molecule has 0 saturated carbocycles. The first-order chi connectivity index (χ1) is 12.7. The molecule has 0 amide bonds. The summed E-state index contributed by atoms with van der Waals surface area (Å²) < 4.78 is 0. The average molecular weight is 360 g/mol. The number of rotatable bonds is 5. The van der Waals surface area contributed by atoms with E-state index in [1.54, 1.807) is 0 Å². The maximum atomic E-state index is 12.8. The molecule has 0 fully saturated rings. The quantitative estimate of drug-likeness (QED) is 0.787. The van der Waals surface area contributed by atoms with Crippen LogP contribution in [0.25, 0.3) is 0 Å². The topological polar surface area (TPSA) is 32.3 Å². The largest absolute Gasteiger partial charge is 0.337 e. The van der Waals surface area contributed by atoms with Gasteiger partial charge in [0.05, 0.1) is 12.0 Å². The van der Waals surface area contributed by atoms with E-state index in [0.29, 0.717) is 18.1 Å². The van der Waals surface area contributed by atoms with E-state index in [-0.39, 0.29) is 17.7 Å². The highest BCUT2D eigenvalue weighted by atomic mass is 32.1. The predicted molar refractivity (Wildman–Crippen MR) is 109 cm³/mol. The zero-order valence-electron chi connectivity index (χ0n) is 14.3. The number of nitrogens with one attached hydrogen (secondary N) is 1. The molecule has 0 radical (unpaired) electrons. The summed E-state index contributed by atoms with van der Waals surface area (Å²) in [4.78, 5) is 15.0. The van der Waals surface area contributed by atoms with Crippen molar-refractivity contribution < 1.29 is 4.79 Å². The van der Waals surface area contributed by atoms with Crippen molar-refractivity contribution >= 4 is 28.8 Å². The molecule has 130 valence electrons. The van der Waals surface area contributed by atoms with E-state index in [9.17, 15) is 4.79 Å². The second-order valence-corrected chi connectivity index (χ2v) is 7.00. The smallest absolute Gasteiger partial charge is 0.174 e. The van der Waals surface area contributed by atoms with Crippen molar-refractivity contribution in [1.29, 1.82) is 0 Å². The summed E-state index contributed by atoms with van der Waals surface area (Å²) >= 11 is 5.64. The first-order valence-corrected chi connectivity index (χ1v) is 9.21. The van der Waals surface area contributed by atoms with E-state index in [4.69, 9.17) is 12.2 Å². The number of Topliss-reactive ketones (excluding diaryl/α,β-unsaturated/α-hetero) is 1. The zero-order chi connectivity index (χ0) is 17.9. The SMILES string of the molecule is O=C(CC1c2ccccc2NC(=S)N1Cc1ccccc1)C1C=CC=C1. The third kappa shape index (κ3) is 3.33. The summed E-state index contributed by atoms with van der Waals surface area (Å²) in [5.41, 5.74) is 3.29. The summed E-state index contributed by atoms with van der Waals surface area (Å²) in [5.74, 6) is 0.0989. The van der Waals surface area contributed by atoms with Crippen molar-refractivity contribution in [2.24, 2.45) is 5.92 Å². The number of hydrogen-bond donors (Lipinski definition) is 1. The molecule has 1 aliphatic carbocycles. The minimum absolute atomic E-state index is 0.0601. The number of carbonyl (C=O) groups excluding carboxylic acids is 1. The van der Waals surface area contributed by atoms with Gasteiger partial charge in [-0.3, -0.25) is 4.79 Å². The van der Waals surface area contributed by atoms with E-state index in [0.717, 1.165) is 11.3 Å². The maximum absolute atomic E-state index is 12.8. The lowest BCUT2D eigenvalue weighted by molar-refractivity contribution is -0.121. The Balaban J connectivity index is 1.66. The van der Waals surface area contributed by atoms with Crippen LogP contribution in [0.15, 0.2) is 78.9 Å². The van der Waals surface area contributed by atoms with E-state index in [2.05, 4.69) is 28.4 Å². The van der Waals surface area contributed by atoms with Crippen LogP contribution in [-0.2, 0) is 11.3 Å². The average Bonchev–Trinajstić information content (AvgIpc) is 3.20. The number of para-hydroxylation sites is 1. The van der Waals surface area contributed by atoms with Crippen molar-refractivity contribution in [3.63, 3.8) is 0 Å². The van der Waals surface area contributed by atoms with E-state index in [1.165, 1.54) is 5.56 Å². The van der Waals surface area contributed by atoms with Gasteiger partial charge in [-0.15, -0.1) is 0 Å². The van der Waals surface area contributed by atoms with Crippen molar-refractivity contribution in [3.8, 4) is 0 Å². The molecule has 3 nitrogen and oxygen atoms in total. The molecule has 4 heteroatoms. The lowest BCUT2D eigenvalue weighted by Gasteiger charge is -2.39. The Morgan fingerprint density at radius 1 is 1.00 bits per heavy atom. The van der Waals surface area contributed by atoms with E-state index in [1.807, 2.05) is 60.7 Å². The highest BCUT2D eigenvalue weighted by Gasteiger charge is 2.32.